The van der Waals surface area contributed by atoms with Gasteiger partial charge in [0.1, 0.15) is 5.75 Å². The highest BCUT2D eigenvalue weighted by Gasteiger charge is 2.18. The van der Waals surface area contributed by atoms with E-state index in [1.165, 1.54) is 24.3 Å². The zero-order valence-corrected chi connectivity index (χ0v) is 15.0. The Kier molecular flexibility index (Phi) is 6.18. The SMILES string of the molecule is O=C(COc1ccc([N+](=O)[O-])cc1)Nc1cccc(C(=O)N2CCOCC2)c1. The van der Waals surface area contributed by atoms with Gasteiger partial charge >= 0.3 is 0 Å². The van der Waals surface area contributed by atoms with Gasteiger partial charge in [0.2, 0.25) is 0 Å². The van der Waals surface area contributed by atoms with E-state index in [2.05, 4.69) is 5.32 Å². The maximum Gasteiger partial charge on any atom is 0.269 e. The molecule has 2 amide bonds. The normalized spacial score (nSPS) is 13.6. The molecule has 1 fully saturated rings. The number of carbonyl (C=O) groups is 2. The van der Waals surface area contributed by atoms with E-state index in [-0.39, 0.29) is 18.2 Å². The second kappa shape index (κ2) is 8.96. The third-order valence-corrected chi connectivity index (χ3v) is 4.11. The first-order valence-corrected chi connectivity index (χ1v) is 8.67. The molecule has 3 rings (SSSR count). The fourth-order valence-electron chi connectivity index (χ4n) is 2.69. The van der Waals surface area contributed by atoms with E-state index < -0.39 is 10.8 Å². The minimum absolute atomic E-state index is 0.0569. The van der Waals surface area contributed by atoms with Gasteiger partial charge in [0.05, 0.1) is 18.1 Å². The second-order valence-electron chi connectivity index (χ2n) is 6.07. The molecule has 0 atom stereocenters. The molecule has 1 aliphatic heterocycles. The maximum atomic E-state index is 12.5. The van der Waals surface area contributed by atoms with Gasteiger partial charge in [0, 0.05) is 36.5 Å². The van der Waals surface area contributed by atoms with Crippen LogP contribution < -0.4 is 10.1 Å². The molecule has 1 heterocycles. The van der Waals surface area contributed by atoms with E-state index in [0.29, 0.717) is 43.3 Å². The zero-order chi connectivity index (χ0) is 19.9. The number of anilines is 1. The number of nitrogens with one attached hydrogen (secondary N) is 1. The summed E-state index contributed by atoms with van der Waals surface area (Å²) in [6, 6.07) is 12.1. The Morgan fingerprint density at radius 3 is 2.54 bits per heavy atom. The Balaban J connectivity index is 1.55. The van der Waals surface area contributed by atoms with Crippen molar-refractivity contribution in [3.05, 3.63) is 64.2 Å². The standard InChI is InChI=1S/C19H19N3O6/c23-18(13-28-17-6-4-16(5-7-17)22(25)26)20-15-3-1-2-14(12-15)19(24)21-8-10-27-11-9-21/h1-7,12H,8-11,13H2,(H,20,23). The first-order valence-electron chi connectivity index (χ1n) is 8.67. The summed E-state index contributed by atoms with van der Waals surface area (Å²) in [4.78, 5) is 36.4. The second-order valence-corrected chi connectivity index (χ2v) is 6.07. The van der Waals surface area contributed by atoms with E-state index in [9.17, 15) is 19.7 Å². The fourth-order valence-corrected chi connectivity index (χ4v) is 2.69. The van der Waals surface area contributed by atoms with Crippen LogP contribution >= 0.6 is 0 Å². The van der Waals surface area contributed by atoms with Gasteiger partial charge in [-0.05, 0) is 30.3 Å². The number of benzene rings is 2. The van der Waals surface area contributed by atoms with Crippen molar-refractivity contribution in [1.29, 1.82) is 0 Å². The number of hydrogen-bond donors (Lipinski definition) is 1. The third-order valence-electron chi connectivity index (χ3n) is 4.11. The highest BCUT2D eigenvalue weighted by molar-refractivity contribution is 5.97. The Hall–Kier alpha value is -3.46. The molecular weight excluding hydrogens is 366 g/mol. The van der Waals surface area contributed by atoms with Crippen molar-refractivity contribution in [3.8, 4) is 5.75 Å². The number of morpholine rings is 1. The van der Waals surface area contributed by atoms with E-state index in [4.69, 9.17) is 9.47 Å². The van der Waals surface area contributed by atoms with Crippen LogP contribution in [0, 0.1) is 10.1 Å². The highest BCUT2D eigenvalue weighted by atomic mass is 16.6. The van der Waals surface area contributed by atoms with Crippen molar-refractivity contribution in [2.75, 3.05) is 38.2 Å². The van der Waals surface area contributed by atoms with Crippen molar-refractivity contribution in [1.82, 2.24) is 4.90 Å². The molecule has 0 saturated carbocycles. The van der Waals surface area contributed by atoms with E-state index in [0.717, 1.165) is 0 Å². The first-order chi connectivity index (χ1) is 13.5. The van der Waals surface area contributed by atoms with Gasteiger partial charge in [0.15, 0.2) is 6.61 Å². The van der Waals surface area contributed by atoms with Crippen LogP contribution in [0.4, 0.5) is 11.4 Å². The van der Waals surface area contributed by atoms with Crippen molar-refractivity contribution in [2.45, 2.75) is 0 Å². The van der Waals surface area contributed by atoms with Crippen molar-refractivity contribution >= 4 is 23.2 Å². The number of non-ortho nitro benzene ring substituents is 1. The molecule has 0 spiro atoms. The molecule has 0 aromatic heterocycles. The molecule has 146 valence electrons. The molecule has 1 N–H and O–H groups in total. The third kappa shape index (κ3) is 5.04. The number of ether oxygens (including phenoxy) is 2. The van der Waals surface area contributed by atoms with Crippen LogP contribution in [-0.4, -0.2) is 54.5 Å². The number of rotatable bonds is 6. The quantitative estimate of drug-likeness (QED) is 0.602. The van der Waals surface area contributed by atoms with Crippen LogP contribution in [0.15, 0.2) is 48.5 Å². The zero-order valence-electron chi connectivity index (χ0n) is 15.0. The minimum atomic E-state index is -0.512. The monoisotopic (exact) mass is 385 g/mol. The molecule has 0 unspecified atom stereocenters. The van der Waals surface area contributed by atoms with Gasteiger partial charge in [0.25, 0.3) is 17.5 Å². The van der Waals surface area contributed by atoms with Gasteiger partial charge < -0.3 is 19.7 Å². The fraction of sp³-hybridized carbons (Fsp3) is 0.263. The minimum Gasteiger partial charge on any atom is -0.484 e. The molecule has 0 aliphatic carbocycles. The van der Waals surface area contributed by atoms with Gasteiger partial charge in [-0.2, -0.15) is 0 Å². The average molecular weight is 385 g/mol. The van der Waals surface area contributed by atoms with E-state index >= 15 is 0 Å². The van der Waals surface area contributed by atoms with E-state index in [1.807, 2.05) is 0 Å². The highest BCUT2D eigenvalue weighted by Crippen LogP contribution is 2.18. The summed E-state index contributed by atoms with van der Waals surface area (Å²) in [7, 11) is 0. The van der Waals surface area contributed by atoms with Crippen molar-refractivity contribution < 1.29 is 24.0 Å². The molecule has 28 heavy (non-hydrogen) atoms. The van der Waals surface area contributed by atoms with Crippen molar-refractivity contribution in [2.24, 2.45) is 0 Å². The summed E-state index contributed by atoms with van der Waals surface area (Å²) in [5.74, 6) is -0.173. The Bertz CT molecular complexity index is 862. The predicted molar refractivity (Wildman–Crippen MR) is 100 cm³/mol. The summed E-state index contributed by atoms with van der Waals surface area (Å²) < 4.78 is 10.6. The number of hydrogen-bond acceptors (Lipinski definition) is 6. The van der Waals surface area contributed by atoms with Crippen LogP contribution in [0.2, 0.25) is 0 Å². The lowest BCUT2D eigenvalue weighted by atomic mass is 10.1. The number of nitro groups is 1. The Labute approximate surface area is 161 Å². The topological polar surface area (TPSA) is 111 Å². The molecule has 9 nitrogen and oxygen atoms in total. The lowest BCUT2D eigenvalue weighted by molar-refractivity contribution is -0.384. The smallest absolute Gasteiger partial charge is 0.269 e. The van der Waals surface area contributed by atoms with Crippen LogP contribution in [0.1, 0.15) is 10.4 Å². The summed E-state index contributed by atoms with van der Waals surface area (Å²) in [6.07, 6.45) is 0. The summed E-state index contributed by atoms with van der Waals surface area (Å²) >= 11 is 0. The molecular formula is C19H19N3O6. The lowest BCUT2D eigenvalue weighted by Crippen LogP contribution is -2.40. The van der Waals surface area contributed by atoms with Gasteiger partial charge in [-0.1, -0.05) is 6.07 Å². The van der Waals surface area contributed by atoms with Crippen LogP contribution in [0.5, 0.6) is 5.75 Å². The number of carbonyl (C=O) groups excluding carboxylic acids is 2. The number of nitro benzene ring substituents is 1. The Morgan fingerprint density at radius 2 is 1.86 bits per heavy atom. The molecule has 9 heteroatoms. The van der Waals surface area contributed by atoms with Crippen LogP contribution in [0.3, 0.4) is 0 Å². The predicted octanol–water partition coefficient (Wildman–Crippen LogP) is 2.08. The maximum absolute atomic E-state index is 12.5. The van der Waals surface area contributed by atoms with Crippen molar-refractivity contribution in [3.63, 3.8) is 0 Å². The largest absolute Gasteiger partial charge is 0.484 e. The number of amides is 2. The molecule has 1 aliphatic rings. The van der Waals surface area contributed by atoms with E-state index in [1.54, 1.807) is 29.2 Å². The lowest BCUT2D eigenvalue weighted by Gasteiger charge is -2.27. The van der Waals surface area contributed by atoms with Gasteiger partial charge in [-0.3, -0.25) is 19.7 Å². The molecule has 0 bridgehead atoms. The summed E-state index contributed by atoms with van der Waals surface area (Å²) in [5.41, 5.74) is 0.908. The molecule has 2 aromatic carbocycles. The van der Waals surface area contributed by atoms with Crippen LogP contribution in [-0.2, 0) is 9.53 Å². The molecule has 2 aromatic rings. The average Bonchev–Trinajstić information content (AvgIpc) is 2.73. The summed E-state index contributed by atoms with van der Waals surface area (Å²) in [6.45, 7) is 1.85. The first kappa shape index (κ1) is 19.3. The molecule has 0 radical (unpaired) electrons. The van der Waals surface area contributed by atoms with Gasteiger partial charge in [-0.25, -0.2) is 0 Å². The Morgan fingerprint density at radius 1 is 1.14 bits per heavy atom. The van der Waals surface area contributed by atoms with Crippen LogP contribution in [0.25, 0.3) is 0 Å². The summed E-state index contributed by atoms with van der Waals surface area (Å²) in [5, 5.41) is 13.3. The number of nitrogens with zero attached hydrogens (tertiary/aromatic N) is 2. The van der Waals surface area contributed by atoms with Gasteiger partial charge in [-0.15, -0.1) is 0 Å². The molecule has 1 saturated heterocycles.